The number of carbonyl (C=O) groups is 1. The third kappa shape index (κ3) is 6.84. The van der Waals surface area contributed by atoms with Gasteiger partial charge in [-0.25, -0.2) is 0 Å². The summed E-state index contributed by atoms with van der Waals surface area (Å²) in [5.41, 5.74) is 3.76. The Morgan fingerprint density at radius 2 is 1.91 bits per heavy atom. The standard InChI is InChI=1S/C28H41ClN2O2S/c1-6-20-15-26(29)34-25(20)17-23(31-19(2)32)24(33)18-30-28(13-8-7-9-14-28)22-12-10-11-21(16-22)27(3,4)5/h10-12,15-16,23-24,30,33H,6-9,13-14,17-18H2,1-5H3,(H,31,32). The minimum Gasteiger partial charge on any atom is -0.390 e. The second-order valence-corrected chi connectivity index (χ2v) is 12.6. The Bertz CT molecular complexity index is 960. The van der Waals surface area contributed by atoms with Crippen LogP contribution in [-0.2, 0) is 28.6 Å². The van der Waals surface area contributed by atoms with Crippen LogP contribution >= 0.6 is 22.9 Å². The molecule has 0 saturated heterocycles. The smallest absolute Gasteiger partial charge is 0.217 e. The zero-order valence-electron chi connectivity index (χ0n) is 21.3. The monoisotopic (exact) mass is 504 g/mol. The highest BCUT2D eigenvalue weighted by molar-refractivity contribution is 7.16. The first-order valence-electron chi connectivity index (χ1n) is 12.6. The van der Waals surface area contributed by atoms with Crippen LogP contribution < -0.4 is 10.6 Å². The Balaban J connectivity index is 1.81. The fourth-order valence-electron chi connectivity index (χ4n) is 5.09. The fraction of sp³-hybridized carbons (Fsp3) is 0.607. The van der Waals surface area contributed by atoms with Crippen molar-refractivity contribution in [2.45, 2.75) is 103 Å². The van der Waals surface area contributed by atoms with Crippen LogP contribution in [0.25, 0.3) is 0 Å². The quantitative estimate of drug-likeness (QED) is 0.385. The second-order valence-electron chi connectivity index (χ2n) is 10.8. The van der Waals surface area contributed by atoms with Gasteiger partial charge in [-0.3, -0.25) is 4.79 Å². The highest BCUT2D eigenvalue weighted by Gasteiger charge is 2.35. The van der Waals surface area contributed by atoms with Gasteiger partial charge in [0, 0.05) is 30.3 Å². The lowest BCUT2D eigenvalue weighted by molar-refractivity contribution is -0.120. The maximum absolute atomic E-state index is 12.0. The number of aliphatic hydroxyl groups excluding tert-OH is 1. The Morgan fingerprint density at radius 1 is 1.21 bits per heavy atom. The maximum Gasteiger partial charge on any atom is 0.217 e. The average molecular weight is 505 g/mol. The summed E-state index contributed by atoms with van der Waals surface area (Å²) in [6.45, 7) is 10.8. The van der Waals surface area contributed by atoms with Crippen molar-refractivity contribution < 1.29 is 9.90 Å². The molecule has 1 aromatic carbocycles. The summed E-state index contributed by atoms with van der Waals surface area (Å²) >= 11 is 7.80. The van der Waals surface area contributed by atoms with Crippen LogP contribution in [0.15, 0.2) is 30.3 Å². The number of hydrogen-bond donors (Lipinski definition) is 3. The normalized spacial score (nSPS) is 17.9. The van der Waals surface area contributed by atoms with Gasteiger partial charge in [0.05, 0.1) is 16.5 Å². The van der Waals surface area contributed by atoms with Crippen molar-refractivity contribution in [2.24, 2.45) is 0 Å². The Hall–Kier alpha value is -1.40. The van der Waals surface area contributed by atoms with Crippen molar-refractivity contribution in [3.05, 3.63) is 56.2 Å². The Labute approximate surface area is 214 Å². The molecular formula is C28H41ClN2O2S. The molecule has 0 spiro atoms. The van der Waals surface area contributed by atoms with E-state index in [4.69, 9.17) is 11.6 Å². The molecule has 3 N–H and O–H groups in total. The van der Waals surface area contributed by atoms with E-state index in [-0.39, 0.29) is 22.9 Å². The first kappa shape index (κ1) is 27.2. The van der Waals surface area contributed by atoms with E-state index in [1.54, 1.807) is 11.3 Å². The number of aryl methyl sites for hydroxylation is 1. The predicted octanol–water partition coefficient (Wildman–Crippen LogP) is 6.12. The minimum absolute atomic E-state index is 0.0842. The van der Waals surface area contributed by atoms with E-state index in [9.17, 15) is 9.90 Å². The summed E-state index contributed by atoms with van der Waals surface area (Å²) in [6.07, 6.45) is 6.45. The van der Waals surface area contributed by atoms with E-state index in [0.29, 0.717) is 13.0 Å². The molecule has 6 heteroatoms. The molecule has 3 rings (SSSR count). The first-order valence-corrected chi connectivity index (χ1v) is 13.8. The fourth-order valence-corrected chi connectivity index (χ4v) is 6.54. The minimum atomic E-state index is -0.709. The number of nitrogens with one attached hydrogen (secondary N) is 2. The third-order valence-electron chi connectivity index (χ3n) is 7.14. The molecule has 1 saturated carbocycles. The first-order chi connectivity index (χ1) is 16.0. The molecular weight excluding hydrogens is 464 g/mol. The lowest BCUT2D eigenvalue weighted by Gasteiger charge is -2.41. The van der Waals surface area contributed by atoms with Crippen LogP contribution in [0, 0.1) is 0 Å². The summed E-state index contributed by atoms with van der Waals surface area (Å²) in [7, 11) is 0. The molecule has 34 heavy (non-hydrogen) atoms. The zero-order chi connectivity index (χ0) is 24.9. The van der Waals surface area contributed by atoms with Gasteiger partial charge in [-0.2, -0.15) is 0 Å². The van der Waals surface area contributed by atoms with Crippen LogP contribution in [0.4, 0.5) is 0 Å². The SMILES string of the molecule is CCc1cc(Cl)sc1CC(NC(C)=O)C(O)CNC1(c2cccc(C(C)(C)C)c2)CCCCC1. The third-order valence-corrected chi connectivity index (χ3v) is 8.47. The number of benzene rings is 1. The number of halogens is 1. The second kappa shape index (κ2) is 11.6. The highest BCUT2D eigenvalue weighted by Crippen LogP contribution is 2.39. The van der Waals surface area contributed by atoms with Crippen LogP contribution in [0.1, 0.15) is 88.3 Å². The Morgan fingerprint density at radius 3 is 2.53 bits per heavy atom. The van der Waals surface area contributed by atoms with Crippen molar-refractivity contribution in [3.8, 4) is 0 Å². The molecule has 2 atom stereocenters. The summed E-state index contributed by atoms with van der Waals surface area (Å²) in [6, 6.07) is 10.6. The lowest BCUT2D eigenvalue weighted by Crippen LogP contribution is -2.53. The highest BCUT2D eigenvalue weighted by atomic mass is 35.5. The molecule has 1 heterocycles. The van der Waals surface area contributed by atoms with Crippen LogP contribution in [0.3, 0.4) is 0 Å². The van der Waals surface area contributed by atoms with Crippen molar-refractivity contribution in [1.82, 2.24) is 10.6 Å². The van der Waals surface area contributed by atoms with Crippen LogP contribution in [-0.4, -0.2) is 29.7 Å². The van der Waals surface area contributed by atoms with Gasteiger partial charge in [-0.05, 0) is 47.4 Å². The molecule has 1 aromatic heterocycles. The van der Waals surface area contributed by atoms with Gasteiger partial charge in [0.25, 0.3) is 0 Å². The van der Waals surface area contributed by atoms with Crippen molar-refractivity contribution in [3.63, 3.8) is 0 Å². The molecule has 1 fully saturated rings. The lowest BCUT2D eigenvalue weighted by atomic mass is 9.74. The van der Waals surface area contributed by atoms with Gasteiger partial charge in [0.1, 0.15) is 0 Å². The molecule has 2 aromatic rings. The van der Waals surface area contributed by atoms with E-state index >= 15 is 0 Å². The molecule has 1 aliphatic rings. The summed E-state index contributed by atoms with van der Waals surface area (Å²) < 4.78 is 0.751. The number of carbonyl (C=O) groups excluding carboxylic acids is 1. The van der Waals surface area contributed by atoms with E-state index in [0.717, 1.165) is 28.5 Å². The van der Waals surface area contributed by atoms with Gasteiger partial charge in [0.15, 0.2) is 0 Å². The van der Waals surface area contributed by atoms with E-state index in [1.807, 2.05) is 6.07 Å². The largest absolute Gasteiger partial charge is 0.390 e. The maximum atomic E-state index is 12.0. The van der Waals surface area contributed by atoms with Gasteiger partial charge in [-0.15, -0.1) is 11.3 Å². The molecule has 0 radical (unpaired) electrons. The van der Waals surface area contributed by atoms with Crippen LogP contribution in [0.2, 0.25) is 4.34 Å². The molecule has 1 amide bonds. The number of aliphatic hydroxyl groups is 1. The molecule has 1 aliphatic carbocycles. The number of rotatable bonds is 9. The van der Waals surface area contributed by atoms with Crippen molar-refractivity contribution in [2.75, 3.05) is 6.54 Å². The molecule has 0 bridgehead atoms. The number of hydrogen-bond acceptors (Lipinski definition) is 4. The van der Waals surface area contributed by atoms with E-state index in [2.05, 4.69) is 62.6 Å². The summed E-state index contributed by atoms with van der Waals surface area (Å²) in [5, 5.41) is 18.0. The van der Waals surface area contributed by atoms with Crippen molar-refractivity contribution in [1.29, 1.82) is 0 Å². The van der Waals surface area contributed by atoms with Crippen molar-refractivity contribution >= 4 is 28.8 Å². The van der Waals surface area contributed by atoms with E-state index < -0.39 is 6.10 Å². The zero-order valence-corrected chi connectivity index (χ0v) is 22.9. The summed E-state index contributed by atoms with van der Waals surface area (Å²) in [5.74, 6) is -0.130. The average Bonchev–Trinajstić information content (AvgIpc) is 3.16. The Kier molecular flexibility index (Phi) is 9.24. The summed E-state index contributed by atoms with van der Waals surface area (Å²) in [4.78, 5) is 13.1. The van der Waals surface area contributed by atoms with Crippen LogP contribution in [0.5, 0.6) is 0 Å². The number of thiophene rings is 1. The van der Waals surface area contributed by atoms with Gasteiger partial charge < -0.3 is 15.7 Å². The van der Waals surface area contributed by atoms with E-state index in [1.165, 1.54) is 42.9 Å². The number of amides is 1. The molecule has 0 aliphatic heterocycles. The topological polar surface area (TPSA) is 61.4 Å². The molecule has 188 valence electrons. The predicted molar refractivity (Wildman–Crippen MR) is 144 cm³/mol. The van der Waals surface area contributed by atoms with Gasteiger partial charge in [0.2, 0.25) is 5.91 Å². The molecule has 4 nitrogen and oxygen atoms in total. The van der Waals surface area contributed by atoms with Gasteiger partial charge in [-0.1, -0.05) is 82.8 Å². The van der Waals surface area contributed by atoms with Gasteiger partial charge >= 0.3 is 0 Å². The molecule has 2 unspecified atom stereocenters.